The predicted octanol–water partition coefficient (Wildman–Crippen LogP) is 7.18. The van der Waals surface area contributed by atoms with Gasteiger partial charge in [0.15, 0.2) is 0 Å². The van der Waals surface area contributed by atoms with Gasteiger partial charge in [0.2, 0.25) is 0 Å². The molecule has 3 unspecified atom stereocenters. The van der Waals surface area contributed by atoms with Gasteiger partial charge in [-0.25, -0.2) is 0 Å². The van der Waals surface area contributed by atoms with Crippen LogP contribution in [0.4, 0.5) is 0 Å². The minimum Gasteiger partial charge on any atom is -0.497 e. The topological polar surface area (TPSA) is 18.5 Å². The van der Waals surface area contributed by atoms with Crippen molar-refractivity contribution in [3.05, 3.63) is 101 Å². The van der Waals surface area contributed by atoms with Crippen LogP contribution in [0.15, 0.2) is 72.8 Å². The van der Waals surface area contributed by atoms with Gasteiger partial charge >= 0.3 is 0 Å². The maximum atomic E-state index is 5.75. The highest BCUT2D eigenvalue weighted by Crippen LogP contribution is 2.54. The zero-order chi connectivity index (χ0) is 22.1. The number of methoxy groups -OCH3 is 2. The molecule has 0 aromatic heterocycles. The van der Waals surface area contributed by atoms with Crippen molar-refractivity contribution in [3.8, 4) is 11.5 Å². The van der Waals surface area contributed by atoms with Gasteiger partial charge in [0, 0.05) is 11.6 Å². The lowest BCUT2D eigenvalue weighted by atomic mass is 9.68. The number of fused-ring (bicyclic) bond motifs is 3. The molecule has 2 aliphatic carbocycles. The van der Waals surface area contributed by atoms with E-state index in [1.54, 1.807) is 14.2 Å². The molecule has 3 atom stereocenters. The number of hydrogen-bond donors (Lipinski definition) is 0. The molecule has 3 aromatic rings. The Morgan fingerprint density at radius 1 is 0.844 bits per heavy atom. The second-order valence-corrected chi connectivity index (χ2v) is 9.15. The Labute approximate surface area is 191 Å². The molecule has 164 valence electrons. The van der Waals surface area contributed by atoms with Gasteiger partial charge in [-0.15, -0.1) is 0 Å². The van der Waals surface area contributed by atoms with Crippen molar-refractivity contribution >= 4 is 5.57 Å². The van der Waals surface area contributed by atoms with Crippen LogP contribution in [0.2, 0.25) is 0 Å². The van der Waals surface area contributed by atoms with Crippen LogP contribution in [-0.2, 0) is 12.8 Å². The molecule has 0 saturated heterocycles. The number of rotatable bonds is 6. The van der Waals surface area contributed by atoms with Gasteiger partial charge in [-0.2, -0.15) is 0 Å². The number of aryl methyl sites for hydroxylation is 1. The van der Waals surface area contributed by atoms with Crippen molar-refractivity contribution in [1.82, 2.24) is 0 Å². The van der Waals surface area contributed by atoms with E-state index in [9.17, 15) is 0 Å². The molecule has 0 radical (unpaired) electrons. The van der Waals surface area contributed by atoms with E-state index in [0.29, 0.717) is 17.8 Å². The lowest BCUT2D eigenvalue weighted by Crippen LogP contribution is -2.24. The fourth-order valence-corrected chi connectivity index (χ4v) is 5.78. The van der Waals surface area contributed by atoms with Crippen molar-refractivity contribution in [1.29, 1.82) is 0 Å². The molecule has 0 fully saturated rings. The molecule has 0 bridgehead atoms. The summed E-state index contributed by atoms with van der Waals surface area (Å²) in [7, 11) is 3.45. The molecule has 0 aliphatic heterocycles. The molecular formula is C30H32O2. The van der Waals surface area contributed by atoms with E-state index < -0.39 is 0 Å². The SMILES string of the molecule is CCCc1ccc(C2Cc3ccccc3C3CC(c4ccc(OC)cc4OC)=CC23)cc1. The van der Waals surface area contributed by atoms with E-state index in [1.165, 1.54) is 39.8 Å². The Bertz CT molecular complexity index is 1130. The first-order valence-electron chi connectivity index (χ1n) is 11.8. The summed E-state index contributed by atoms with van der Waals surface area (Å²) in [6, 6.07) is 24.7. The Morgan fingerprint density at radius 3 is 2.41 bits per heavy atom. The number of allylic oxidation sites excluding steroid dienone is 2. The predicted molar refractivity (Wildman–Crippen MR) is 132 cm³/mol. The first kappa shape index (κ1) is 20.9. The highest BCUT2D eigenvalue weighted by atomic mass is 16.5. The molecule has 0 spiro atoms. The van der Waals surface area contributed by atoms with Gasteiger partial charge in [0.1, 0.15) is 11.5 Å². The van der Waals surface area contributed by atoms with Crippen LogP contribution in [-0.4, -0.2) is 14.2 Å². The molecule has 2 aliphatic rings. The zero-order valence-electron chi connectivity index (χ0n) is 19.3. The molecule has 2 heteroatoms. The number of benzene rings is 3. The van der Waals surface area contributed by atoms with E-state index in [2.05, 4.69) is 67.6 Å². The monoisotopic (exact) mass is 424 g/mol. The normalized spacial score (nSPS) is 21.5. The van der Waals surface area contributed by atoms with Crippen molar-refractivity contribution in [3.63, 3.8) is 0 Å². The van der Waals surface area contributed by atoms with Crippen LogP contribution in [0.5, 0.6) is 11.5 Å². The molecular weight excluding hydrogens is 392 g/mol. The highest BCUT2D eigenvalue weighted by Gasteiger charge is 2.40. The van der Waals surface area contributed by atoms with E-state index in [1.807, 2.05) is 12.1 Å². The van der Waals surface area contributed by atoms with Crippen molar-refractivity contribution in [2.45, 2.75) is 44.4 Å². The van der Waals surface area contributed by atoms with E-state index in [0.717, 1.165) is 30.8 Å². The summed E-state index contributed by atoms with van der Waals surface area (Å²) in [5.74, 6) is 3.25. The van der Waals surface area contributed by atoms with Crippen molar-refractivity contribution in [2.75, 3.05) is 14.2 Å². The van der Waals surface area contributed by atoms with Gasteiger partial charge in [0.25, 0.3) is 0 Å². The fourth-order valence-electron chi connectivity index (χ4n) is 5.78. The van der Waals surface area contributed by atoms with E-state index in [-0.39, 0.29) is 0 Å². The van der Waals surface area contributed by atoms with Gasteiger partial charge in [-0.3, -0.25) is 0 Å². The summed E-state index contributed by atoms with van der Waals surface area (Å²) >= 11 is 0. The molecule has 3 aromatic carbocycles. The maximum Gasteiger partial charge on any atom is 0.130 e. The summed E-state index contributed by atoms with van der Waals surface area (Å²) in [6.45, 7) is 2.24. The van der Waals surface area contributed by atoms with Crippen LogP contribution in [0.25, 0.3) is 5.57 Å². The quantitative estimate of drug-likeness (QED) is 0.417. The van der Waals surface area contributed by atoms with E-state index in [4.69, 9.17) is 9.47 Å². The summed E-state index contributed by atoms with van der Waals surface area (Å²) in [6.07, 6.45) is 7.04. The Hall–Kier alpha value is -3.00. The minimum absolute atomic E-state index is 0.503. The highest BCUT2D eigenvalue weighted by molar-refractivity contribution is 5.75. The lowest BCUT2D eigenvalue weighted by molar-refractivity contribution is 0.393. The maximum absolute atomic E-state index is 5.75. The minimum atomic E-state index is 0.503. The van der Waals surface area contributed by atoms with Crippen molar-refractivity contribution < 1.29 is 9.47 Å². The molecule has 0 amide bonds. The summed E-state index contributed by atoms with van der Waals surface area (Å²) in [5, 5.41) is 0. The first-order valence-corrected chi connectivity index (χ1v) is 11.8. The third-order valence-corrected chi connectivity index (χ3v) is 7.36. The molecule has 5 rings (SSSR count). The number of ether oxygens (including phenoxy) is 2. The largest absolute Gasteiger partial charge is 0.497 e. The van der Waals surface area contributed by atoms with Gasteiger partial charge in [-0.05, 0) is 77.0 Å². The Morgan fingerprint density at radius 2 is 1.66 bits per heavy atom. The lowest BCUT2D eigenvalue weighted by Gasteiger charge is -2.36. The molecule has 0 N–H and O–H groups in total. The van der Waals surface area contributed by atoms with Crippen molar-refractivity contribution in [2.24, 2.45) is 5.92 Å². The second-order valence-electron chi connectivity index (χ2n) is 9.15. The first-order chi connectivity index (χ1) is 15.7. The third-order valence-electron chi connectivity index (χ3n) is 7.36. The standard InChI is InChI=1S/C30H32O2/c1-4-7-20-10-12-21(13-11-20)27-16-22-8-5-6-9-25(22)28-17-23(18-29(27)28)26-15-14-24(31-2)19-30(26)32-3/h5-6,8-15,18-19,27-29H,4,7,16-17H2,1-3H3. The van der Waals surface area contributed by atoms with Gasteiger partial charge in [-0.1, -0.05) is 68.0 Å². The van der Waals surface area contributed by atoms with Crippen LogP contribution in [0, 0.1) is 5.92 Å². The zero-order valence-corrected chi connectivity index (χ0v) is 19.3. The summed E-state index contributed by atoms with van der Waals surface area (Å²) in [5.41, 5.74) is 8.52. The second kappa shape index (κ2) is 8.86. The van der Waals surface area contributed by atoms with Crippen LogP contribution >= 0.6 is 0 Å². The molecule has 0 saturated carbocycles. The van der Waals surface area contributed by atoms with E-state index >= 15 is 0 Å². The van der Waals surface area contributed by atoms with Crippen LogP contribution in [0.3, 0.4) is 0 Å². The van der Waals surface area contributed by atoms with Crippen LogP contribution < -0.4 is 9.47 Å². The Kier molecular flexibility index (Phi) is 5.78. The average Bonchev–Trinajstić information content (AvgIpc) is 3.29. The molecule has 2 nitrogen and oxygen atoms in total. The Balaban J connectivity index is 1.55. The van der Waals surface area contributed by atoms with Crippen LogP contribution in [0.1, 0.15) is 59.4 Å². The van der Waals surface area contributed by atoms with Gasteiger partial charge in [0.05, 0.1) is 14.2 Å². The smallest absolute Gasteiger partial charge is 0.130 e. The molecule has 0 heterocycles. The third kappa shape index (κ3) is 3.72. The summed E-state index contributed by atoms with van der Waals surface area (Å²) < 4.78 is 11.2. The average molecular weight is 425 g/mol. The number of hydrogen-bond acceptors (Lipinski definition) is 2. The fraction of sp³-hybridized carbons (Fsp3) is 0.333. The molecule has 32 heavy (non-hydrogen) atoms. The van der Waals surface area contributed by atoms with Gasteiger partial charge < -0.3 is 9.47 Å². The summed E-state index contributed by atoms with van der Waals surface area (Å²) in [4.78, 5) is 0.